The van der Waals surface area contributed by atoms with E-state index in [2.05, 4.69) is 11.9 Å². The van der Waals surface area contributed by atoms with Gasteiger partial charge in [0.1, 0.15) is 5.75 Å². The van der Waals surface area contributed by atoms with Gasteiger partial charge in [0.15, 0.2) is 0 Å². The number of aromatic amines is 1. The van der Waals surface area contributed by atoms with Gasteiger partial charge in [-0.05, 0) is 79.5 Å². The molecular weight excluding hydrogens is 298 g/mol. The highest BCUT2D eigenvalue weighted by Crippen LogP contribution is 2.39. The first kappa shape index (κ1) is 15.7. The molecule has 3 atom stereocenters. The number of H-pyrrole nitrogens is 1. The molecule has 2 saturated carbocycles. The van der Waals surface area contributed by atoms with Crippen molar-refractivity contribution in [1.82, 2.24) is 4.98 Å². The van der Waals surface area contributed by atoms with Gasteiger partial charge in [-0.1, -0.05) is 19.8 Å². The van der Waals surface area contributed by atoms with Crippen LogP contribution in [0, 0.1) is 17.8 Å². The molecule has 3 nitrogen and oxygen atoms in total. The van der Waals surface area contributed by atoms with Gasteiger partial charge in [0.2, 0.25) is 0 Å². The summed E-state index contributed by atoms with van der Waals surface area (Å²) in [6, 6.07) is 7.72. The number of aromatic nitrogens is 1. The van der Waals surface area contributed by atoms with Crippen molar-refractivity contribution in [3.8, 4) is 5.75 Å². The van der Waals surface area contributed by atoms with Crippen LogP contribution in [0.15, 0.2) is 35.3 Å². The second-order valence-corrected chi connectivity index (χ2v) is 7.99. The van der Waals surface area contributed by atoms with E-state index in [1.54, 1.807) is 6.20 Å². The van der Waals surface area contributed by atoms with Crippen molar-refractivity contribution in [2.45, 2.75) is 58.0 Å². The van der Waals surface area contributed by atoms with E-state index in [1.807, 2.05) is 24.3 Å². The molecule has 2 aromatic rings. The van der Waals surface area contributed by atoms with E-state index in [-0.39, 0.29) is 5.56 Å². The number of ether oxygens (including phenoxy) is 1. The van der Waals surface area contributed by atoms with Crippen LogP contribution in [0.3, 0.4) is 0 Å². The molecule has 3 heteroatoms. The van der Waals surface area contributed by atoms with Gasteiger partial charge in [-0.3, -0.25) is 4.79 Å². The zero-order valence-corrected chi connectivity index (χ0v) is 14.5. The highest BCUT2D eigenvalue weighted by atomic mass is 16.5. The minimum atomic E-state index is -0.0374. The highest BCUT2D eigenvalue weighted by molar-refractivity contribution is 5.82. The normalized spacial score (nSPS) is 25.0. The summed E-state index contributed by atoms with van der Waals surface area (Å²) in [6.45, 7) is 2.42. The third kappa shape index (κ3) is 3.66. The second-order valence-electron chi connectivity index (χ2n) is 7.99. The van der Waals surface area contributed by atoms with Crippen molar-refractivity contribution in [3.63, 3.8) is 0 Å². The van der Waals surface area contributed by atoms with Crippen LogP contribution in [0.4, 0.5) is 0 Å². The Balaban J connectivity index is 1.35. The largest absolute Gasteiger partial charge is 0.490 e. The lowest BCUT2D eigenvalue weighted by molar-refractivity contribution is 0.201. The molecule has 1 aromatic carbocycles. The standard InChI is InChI=1S/C21H27NO2/c1-14(10-15-2-3-15)11-16-4-5-18(12-16)24-19-6-7-20-17(13-19)8-9-22-21(20)23/h6-9,13-16,18H,2-5,10-12H2,1H3,(H,22,23)/t14?,16-,18-/m1/s1. The number of hydrogen-bond acceptors (Lipinski definition) is 2. The van der Waals surface area contributed by atoms with Gasteiger partial charge in [-0.15, -0.1) is 0 Å². The summed E-state index contributed by atoms with van der Waals surface area (Å²) in [5.74, 6) is 3.62. The lowest BCUT2D eigenvalue weighted by Crippen LogP contribution is -2.13. The van der Waals surface area contributed by atoms with Crippen molar-refractivity contribution in [3.05, 3.63) is 40.8 Å². The molecule has 1 aromatic heterocycles. The third-order valence-electron chi connectivity index (χ3n) is 5.71. The van der Waals surface area contributed by atoms with Crippen LogP contribution in [-0.2, 0) is 0 Å². The van der Waals surface area contributed by atoms with E-state index in [9.17, 15) is 4.79 Å². The van der Waals surface area contributed by atoms with Crippen molar-refractivity contribution in [2.24, 2.45) is 17.8 Å². The van der Waals surface area contributed by atoms with Gasteiger partial charge < -0.3 is 9.72 Å². The Labute approximate surface area is 143 Å². The van der Waals surface area contributed by atoms with Crippen molar-refractivity contribution in [2.75, 3.05) is 0 Å². The average Bonchev–Trinajstić information content (AvgIpc) is 3.26. The molecule has 0 saturated heterocycles. The molecule has 1 N–H and O–H groups in total. The monoisotopic (exact) mass is 325 g/mol. The molecule has 0 spiro atoms. The van der Waals surface area contributed by atoms with Crippen LogP contribution in [0.25, 0.3) is 10.8 Å². The summed E-state index contributed by atoms with van der Waals surface area (Å²) in [5.41, 5.74) is -0.0374. The van der Waals surface area contributed by atoms with E-state index in [0.29, 0.717) is 6.10 Å². The summed E-state index contributed by atoms with van der Waals surface area (Å²) in [5, 5.41) is 1.67. The fraction of sp³-hybridized carbons (Fsp3) is 0.571. The molecule has 0 amide bonds. The lowest BCUT2D eigenvalue weighted by Gasteiger charge is -2.17. The smallest absolute Gasteiger partial charge is 0.255 e. The number of nitrogens with one attached hydrogen (secondary N) is 1. The average molecular weight is 325 g/mol. The fourth-order valence-electron chi connectivity index (χ4n) is 4.37. The predicted octanol–water partition coefficient (Wildman–Crippen LogP) is 4.90. The van der Waals surface area contributed by atoms with Crippen molar-refractivity contribution < 1.29 is 4.74 Å². The molecular formula is C21H27NO2. The van der Waals surface area contributed by atoms with E-state index < -0.39 is 0 Å². The minimum Gasteiger partial charge on any atom is -0.490 e. The van der Waals surface area contributed by atoms with Gasteiger partial charge in [0.05, 0.1) is 6.10 Å². The summed E-state index contributed by atoms with van der Waals surface area (Å²) in [6.07, 6.45) is 11.4. The Morgan fingerprint density at radius 1 is 1.12 bits per heavy atom. The molecule has 0 aliphatic heterocycles. The van der Waals surface area contributed by atoms with Crippen LogP contribution in [-0.4, -0.2) is 11.1 Å². The SMILES string of the molecule is CC(CC1CC1)C[C@H]1CC[C@@H](Oc2ccc3c(=O)[nH]ccc3c2)C1. The second kappa shape index (κ2) is 6.62. The zero-order chi connectivity index (χ0) is 16.5. The maximum Gasteiger partial charge on any atom is 0.255 e. The maximum absolute atomic E-state index is 11.8. The minimum absolute atomic E-state index is 0.0374. The van der Waals surface area contributed by atoms with Gasteiger partial charge in [-0.2, -0.15) is 0 Å². The van der Waals surface area contributed by atoms with Gasteiger partial charge in [-0.25, -0.2) is 0 Å². The van der Waals surface area contributed by atoms with Gasteiger partial charge in [0.25, 0.3) is 5.56 Å². The molecule has 1 unspecified atom stereocenters. The summed E-state index contributed by atoms with van der Waals surface area (Å²) >= 11 is 0. The summed E-state index contributed by atoms with van der Waals surface area (Å²) < 4.78 is 6.22. The predicted molar refractivity (Wildman–Crippen MR) is 97.4 cm³/mol. The van der Waals surface area contributed by atoms with E-state index in [0.717, 1.165) is 40.7 Å². The third-order valence-corrected chi connectivity index (χ3v) is 5.71. The van der Waals surface area contributed by atoms with E-state index in [1.165, 1.54) is 38.5 Å². The zero-order valence-electron chi connectivity index (χ0n) is 14.5. The molecule has 2 aliphatic rings. The number of fused-ring (bicyclic) bond motifs is 1. The van der Waals surface area contributed by atoms with Crippen LogP contribution in [0.5, 0.6) is 5.75 Å². The molecule has 2 fully saturated rings. The molecule has 2 aliphatic carbocycles. The first-order chi connectivity index (χ1) is 11.7. The maximum atomic E-state index is 11.8. The molecule has 4 rings (SSSR count). The van der Waals surface area contributed by atoms with Crippen LogP contribution < -0.4 is 10.3 Å². The van der Waals surface area contributed by atoms with Crippen LogP contribution in [0.2, 0.25) is 0 Å². The lowest BCUT2D eigenvalue weighted by atomic mass is 9.91. The quantitative estimate of drug-likeness (QED) is 0.820. The Bertz CT molecular complexity index is 762. The first-order valence-corrected chi connectivity index (χ1v) is 9.45. The Hall–Kier alpha value is -1.77. The highest BCUT2D eigenvalue weighted by Gasteiger charge is 2.29. The van der Waals surface area contributed by atoms with Gasteiger partial charge >= 0.3 is 0 Å². The Kier molecular flexibility index (Phi) is 4.34. The van der Waals surface area contributed by atoms with Crippen LogP contribution in [0.1, 0.15) is 51.9 Å². The number of benzene rings is 1. The summed E-state index contributed by atoms with van der Waals surface area (Å²) in [7, 11) is 0. The topological polar surface area (TPSA) is 42.1 Å². The van der Waals surface area contributed by atoms with Crippen molar-refractivity contribution in [1.29, 1.82) is 0 Å². The molecule has 0 bridgehead atoms. The van der Waals surface area contributed by atoms with Crippen molar-refractivity contribution >= 4 is 10.8 Å². The van der Waals surface area contributed by atoms with E-state index in [4.69, 9.17) is 4.74 Å². The Morgan fingerprint density at radius 2 is 1.92 bits per heavy atom. The Morgan fingerprint density at radius 3 is 2.75 bits per heavy atom. The van der Waals surface area contributed by atoms with E-state index >= 15 is 0 Å². The van der Waals surface area contributed by atoms with Gasteiger partial charge in [0, 0.05) is 11.6 Å². The molecule has 0 radical (unpaired) electrons. The first-order valence-electron chi connectivity index (χ1n) is 9.45. The summed E-state index contributed by atoms with van der Waals surface area (Å²) in [4.78, 5) is 14.5. The molecule has 128 valence electrons. The molecule has 24 heavy (non-hydrogen) atoms. The number of pyridine rings is 1. The van der Waals surface area contributed by atoms with Crippen LogP contribution >= 0.6 is 0 Å². The molecule has 1 heterocycles. The number of rotatable bonds is 6. The number of hydrogen-bond donors (Lipinski definition) is 1. The fourth-order valence-corrected chi connectivity index (χ4v) is 4.37.